The predicted octanol–water partition coefficient (Wildman–Crippen LogP) is 3.64. The molecule has 0 spiro atoms. The minimum absolute atomic E-state index is 0.00345. The zero-order chi connectivity index (χ0) is 21.8. The van der Waals surface area contributed by atoms with Gasteiger partial charge in [0.1, 0.15) is 5.56 Å². The lowest BCUT2D eigenvalue weighted by Gasteiger charge is -2.17. The van der Waals surface area contributed by atoms with Crippen molar-refractivity contribution in [3.8, 4) is 5.88 Å². The highest BCUT2D eigenvalue weighted by Gasteiger charge is 2.27. The molecule has 8 heteroatoms. The van der Waals surface area contributed by atoms with Crippen LogP contribution in [0.3, 0.4) is 0 Å². The molecule has 0 amide bonds. The van der Waals surface area contributed by atoms with Gasteiger partial charge in [-0.2, -0.15) is 0 Å². The fourth-order valence-corrected chi connectivity index (χ4v) is 4.85. The number of H-pyrrole nitrogens is 1. The van der Waals surface area contributed by atoms with Gasteiger partial charge in [0.25, 0.3) is 5.56 Å². The number of hydrogen-bond donors (Lipinski definition) is 2. The van der Waals surface area contributed by atoms with E-state index >= 15 is 0 Å². The maximum absolute atomic E-state index is 12.8. The fraction of sp³-hybridized carbons (Fsp3) is 0.261. The van der Waals surface area contributed by atoms with E-state index in [1.165, 1.54) is 4.57 Å². The molecule has 0 saturated carbocycles. The van der Waals surface area contributed by atoms with Gasteiger partial charge in [0.2, 0.25) is 5.88 Å². The molecule has 4 rings (SSSR count). The van der Waals surface area contributed by atoms with Crippen molar-refractivity contribution in [2.45, 2.75) is 29.5 Å². The summed E-state index contributed by atoms with van der Waals surface area (Å²) >= 11 is 1.67. The van der Waals surface area contributed by atoms with Crippen molar-refractivity contribution in [3.63, 3.8) is 0 Å². The molecule has 1 aliphatic heterocycles. The lowest BCUT2D eigenvalue weighted by molar-refractivity contribution is 0.188. The Morgan fingerprint density at radius 3 is 2.68 bits per heavy atom. The van der Waals surface area contributed by atoms with E-state index in [1.54, 1.807) is 18.9 Å². The third-order valence-electron chi connectivity index (χ3n) is 5.13. The Morgan fingerprint density at radius 2 is 1.90 bits per heavy atom. The third-order valence-corrected chi connectivity index (χ3v) is 6.45. The Hall–Kier alpha value is -3.10. The van der Waals surface area contributed by atoms with Crippen LogP contribution >= 0.6 is 11.8 Å². The zero-order valence-corrected chi connectivity index (χ0v) is 17.9. The van der Waals surface area contributed by atoms with Gasteiger partial charge in [-0.25, -0.2) is 4.79 Å². The van der Waals surface area contributed by atoms with E-state index < -0.39 is 11.2 Å². The second-order valence-corrected chi connectivity index (χ2v) is 8.45. The van der Waals surface area contributed by atoms with E-state index in [4.69, 9.17) is 9.73 Å². The van der Waals surface area contributed by atoms with E-state index in [1.807, 2.05) is 54.6 Å². The molecule has 31 heavy (non-hydrogen) atoms. The molecule has 0 radical (unpaired) electrons. The van der Waals surface area contributed by atoms with Gasteiger partial charge in [0.05, 0.1) is 11.4 Å². The first-order valence-electron chi connectivity index (χ1n) is 10.0. The van der Waals surface area contributed by atoms with Gasteiger partial charge in [0.15, 0.2) is 0 Å². The van der Waals surface area contributed by atoms with Gasteiger partial charge < -0.3 is 9.84 Å². The summed E-state index contributed by atoms with van der Waals surface area (Å²) in [5.74, 6) is -0.361. The number of rotatable bonds is 6. The van der Waals surface area contributed by atoms with Gasteiger partial charge in [-0.05, 0) is 24.1 Å². The standard InChI is InChI=1S/C23H23N3O4S/c1-30-13-7-12-26-22(28)20(21(27)25-23(26)29)17-14-19(15-8-3-2-4-9-15)31-18-11-6-5-10-16(18)24-17/h2-6,8-11,19,28H,7,12-14H2,1H3,(H,25,27,29). The highest BCUT2D eigenvalue weighted by Crippen LogP contribution is 2.45. The molecule has 2 heterocycles. The summed E-state index contributed by atoms with van der Waals surface area (Å²) < 4.78 is 6.20. The van der Waals surface area contributed by atoms with E-state index in [9.17, 15) is 14.7 Å². The Kier molecular flexibility index (Phi) is 6.39. The number of thioether (sulfide) groups is 1. The van der Waals surface area contributed by atoms with E-state index in [0.717, 1.165) is 16.1 Å². The van der Waals surface area contributed by atoms with Crippen LogP contribution in [0.5, 0.6) is 5.88 Å². The minimum Gasteiger partial charge on any atom is -0.494 e. The summed E-state index contributed by atoms with van der Waals surface area (Å²) in [6.45, 7) is 0.657. The quantitative estimate of drug-likeness (QED) is 0.574. The van der Waals surface area contributed by atoms with E-state index in [0.29, 0.717) is 25.2 Å². The molecule has 0 fully saturated rings. The molecule has 1 aliphatic rings. The minimum atomic E-state index is -0.647. The Balaban J connectivity index is 1.84. The number of aromatic nitrogens is 2. The molecular weight excluding hydrogens is 414 g/mol. The second kappa shape index (κ2) is 9.36. The van der Waals surface area contributed by atoms with Crippen molar-refractivity contribution >= 4 is 23.2 Å². The molecule has 2 N–H and O–H groups in total. The van der Waals surface area contributed by atoms with Crippen LogP contribution in [0.4, 0.5) is 5.69 Å². The van der Waals surface area contributed by atoms with Gasteiger partial charge in [-0.1, -0.05) is 42.5 Å². The number of aromatic hydroxyl groups is 1. The van der Waals surface area contributed by atoms with Crippen LogP contribution in [0, 0.1) is 0 Å². The van der Waals surface area contributed by atoms with Crippen LogP contribution < -0.4 is 11.2 Å². The molecule has 0 bridgehead atoms. The molecule has 1 aromatic heterocycles. The number of fused-ring (bicyclic) bond motifs is 1. The average molecular weight is 438 g/mol. The first-order chi connectivity index (χ1) is 15.1. The highest BCUT2D eigenvalue weighted by molar-refractivity contribution is 7.99. The van der Waals surface area contributed by atoms with Crippen LogP contribution in [0.15, 0.2) is 74.1 Å². The van der Waals surface area contributed by atoms with Gasteiger partial charge in [-0.15, -0.1) is 11.8 Å². The number of hydrogen-bond acceptors (Lipinski definition) is 6. The number of aliphatic imine (C=N–C) groups is 1. The SMILES string of the molecule is COCCCn1c(O)c(C2=Nc3ccccc3SC(c3ccccc3)C2)c(=O)[nH]c1=O. The van der Waals surface area contributed by atoms with Gasteiger partial charge in [-0.3, -0.25) is 19.3 Å². The molecule has 1 atom stereocenters. The average Bonchev–Trinajstić information content (AvgIpc) is 2.96. The van der Waals surface area contributed by atoms with Crippen LogP contribution in [-0.4, -0.2) is 34.1 Å². The molecule has 3 aromatic rings. The number of ether oxygens (including phenoxy) is 1. The third kappa shape index (κ3) is 4.50. The summed E-state index contributed by atoms with van der Waals surface area (Å²) in [6, 6.07) is 17.7. The summed E-state index contributed by atoms with van der Waals surface area (Å²) in [5.41, 5.74) is 1.03. The number of benzene rings is 2. The van der Waals surface area contributed by atoms with Crippen LogP contribution in [0.25, 0.3) is 0 Å². The predicted molar refractivity (Wildman–Crippen MR) is 122 cm³/mol. The zero-order valence-electron chi connectivity index (χ0n) is 17.1. The molecule has 2 aromatic carbocycles. The number of nitrogens with one attached hydrogen (secondary N) is 1. The number of methoxy groups -OCH3 is 1. The first-order valence-corrected chi connectivity index (χ1v) is 10.9. The van der Waals surface area contributed by atoms with Gasteiger partial charge >= 0.3 is 5.69 Å². The second-order valence-electron chi connectivity index (χ2n) is 7.20. The summed E-state index contributed by atoms with van der Waals surface area (Å²) in [4.78, 5) is 33.2. The number of para-hydroxylation sites is 1. The Labute approximate surface area is 183 Å². The Morgan fingerprint density at radius 1 is 1.16 bits per heavy atom. The molecule has 0 saturated heterocycles. The van der Waals surface area contributed by atoms with Crippen LogP contribution in [0.1, 0.15) is 29.2 Å². The monoisotopic (exact) mass is 437 g/mol. The number of nitrogens with zero attached hydrogens (tertiary/aromatic N) is 2. The van der Waals surface area contributed by atoms with E-state index in [2.05, 4.69) is 4.98 Å². The molecule has 160 valence electrons. The summed E-state index contributed by atoms with van der Waals surface area (Å²) in [5, 5.41) is 10.9. The topological polar surface area (TPSA) is 96.7 Å². The molecule has 7 nitrogen and oxygen atoms in total. The molecule has 0 aliphatic carbocycles. The highest BCUT2D eigenvalue weighted by atomic mass is 32.2. The first kappa shape index (κ1) is 21.1. The van der Waals surface area contributed by atoms with Gasteiger partial charge in [0, 0.05) is 36.8 Å². The van der Waals surface area contributed by atoms with Crippen molar-refractivity contribution in [1.29, 1.82) is 0 Å². The van der Waals surface area contributed by atoms with Crippen molar-refractivity contribution in [3.05, 3.63) is 86.6 Å². The molecular formula is C23H23N3O4S. The summed E-state index contributed by atoms with van der Waals surface area (Å²) in [7, 11) is 1.57. The Bertz CT molecular complexity index is 1220. The lowest BCUT2D eigenvalue weighted by atomic mass is 10.0. The van der Waals surface area contributed by atoms with E-state index in [-0.39, 0.29) is 23.2 Å². The number of aromatic amines is 1. The molecule has 1 unspecified atom stereocenters. The van der Waals surface area contributed by atoms with Crippen molar-refractivity contribution in [2.75, 3.05) is 13.7 Å². The van der Waals surface area contributed by atoms with Crippen molar-refractivity contribution in [2.24, 2.45) is 4.99 Å². The smallest absolute Gasteiger partial charge is 0.331 e. The summed E-state index contributed by atoms with van der Waals surface area (Å²) in [6.07, 6.45) is 0.948. The fourth-order valence-electron chi connectivity index (χ4n) is 3.62. The van der Waals surface area contributed by atoms with Crippen molar-refractivity contribution in [1.82, 2.24) is 9.55 Å². The van der Waals surface area contributed by atoms with Crippen LogP contribution in [0.2, 0.25) is 0 Å². The van der Waals surface area contributed by atoms with Crippen molar-refractivity contribution < 1.29 is 9.84 Å². The normalized spacial score (nSPS) is 15.8. The lowest BCUT2D eigenvalue weighted by Crippen LogP contribution is -2.34. The largest absolute Gasteiger partial charge is 0.494 e. The maximum atomic E-state index is 12.8. The maximum Gasteiger partial charge on any atom is 0.331 e. The van der Waals surface area contributed by atoms with Crippen LogP contribution in [-0.2, 0) is 11.3 Å².